The van der Waals surface area contributed by atoms with Gasteiger partial charge in [0.25, 0.3) is 5.56 Å². The summed E-state index contributed by atoms with van der Waals surface area (Å²) >= 11 is 1.57. The van der Waals surface area contributed by atoms with Gasteiger partial charge in [-0.1, -0.05) is 0 Å². The molecule has 30 heavy (non-hydrogen) atoms. The molecule has 1 aliphatic rings. The molecular formula is C21H21N3O4S2. The lowest BCUT2D eigenvalue weighted by atomic mass is 10.1. The van der Waals surface area contributed by atoms with E-state index in [9.17, 15) is 18.0 Å². The molecule has 0 spiro atoms. The van der Waals surface area contributed by atoms with Crippen molar-refractivity contribution in [3.63, 3.8) is 0 Å². The van der Waals surface area contributed by atoms with Gasteiger partial charge in [-0.25, -0.2) is 13.1 Å². The molecule has 0 saturated heterocycles. The molecule has 156 valence electrons. The summed E-state index contributed by atoms with van der Waals surface area (Å²) in [6.07, 6.45) is 0.557. The number of fused-ring (bicyclic) bond motifs is 1. The Morgan fingerprint density at radius 2 is 1.97 bits per heavy atom. The van der Waals surface area contributed by atoms with E-state index in [-0.39, 0.29) is 23.6 Å². The highest BCUT2D eigenvalue weighted by Crippen LogP contribution is 2.31. The summed E-state index contributed by atoms with van der Waals surface area (Å²) in [6, 6.07) is 12.0. The molecule has 0 N–H and O–H groups in total. The Morgan fingerprint density at radius 1 is 1.17 bits per heavy atom. The Hall–Kier alpha value is -2.78. The van der Waals surface area contributed by atoms with E-state index in [1.807, 2.05) is 19.1 Å². The summed E-state index contributed by atoms with van der Waals surface area (Å²) in [5.41, 5.74) is 2.19. The maximum atomic E-state index is 12.8. The van der Waals surface area contributed by atoms with Crippen molar-refractivity contribution in [1.82, 2.24) is 9.78 Å². The first kappa shape index (κ1) is 20.5. The number of rotatable bonds is 6. The van der Waals surface area contributed by atoms with Gasteiger partial charge in [0.2, 0.25) is 10.0 Å². The molecule has 3 aromatic rings. The molecule has 3 heterocycles. The van der Waals surface area contributed by atoms with Crippen LogP contribution in [0.3, 0.4) is 0 Å². The predicted molar refractivity (Wildman–Crippen MR) is 118 cm³/mol. The first-order chi connectivity index (χ1) is 14.3. The highest BCUT2D eigenvalue weighted by Gasteiger charge is 2.28. The van der Waals surface area contributed by atoms with Crippen LogP contribution in [0, 0.1) is 6.92 Å². The number of benzene rings is 1. The van der Waals surface area contributed by atoms with Crippen LogP contribution in [-0.2, 0) is 23.0 Å². The summed E-state index contributed by atoms with van der Waals surface area (Å²) in [7, 11) is -3.33. The van der Waals surface area contributed by atoms with Gasteiger partial charge < -0.3 is 0 Å². The second kappa shape index (κ2) is 7.81. The number of nitrogens with zero attached hydrogens (tertiary/aromatic N) is 3. The van der Waals surface area contributed by atoms with E-state index in [4.69, 9.17) is 0 Å². The molecule has 2 aromatic heterocycles. The van der Waals surface area contributed by atoms with Crippen LogP contribution in [0.2, 0.25) is 0 Å². The van der Waals surface area contributed by atoms with Crippen LogP contribution < -0.4 is 9.86 Å². The number of hydrogen-bond donors (Lipinski definition) is 0. The molecular weight excluding hydrogens is 422 g/mol. The molecule has 0 bridgehead atoms. The first-order valence-corrected chi connectivity index (χ1v) is 12.0. The molecule has 0 fully saturated rings. The van der Waals surface area contributed by atoms with E-state index in [1.54, 1.807) is 42.5 Å². The molecule has 0 aliphatic carbocycles. The van der Waals surface area contributed by atoms with Crippen molar-refractivity contribution in [2.75, 3.05) is 16.6 Å². The minimum Gasteiger partial charge on any atom is -0.292 e. The highest BCUT2D eigenvalue weighted by atomic mass is 32.2. The number of anilines is 1. The normalized spacial score (nSPS) is 13.5. The smallest absolute Gasteiger partial charge is 0.267 e. The molecule has 0 unspecified atom stereocenters. The summed E-state index contributed by atoms with van der Waals surface area (Å²) < 4.78 is 27.0. The molecule has 4 rings (SSSR count). The average Bonchev–Trinajstić information content (AvgIpc) is 3.35. The zero-order chi connectivity index (χ0) is 21.5. The largest absolute Gasteiger partial charge is 0.292 e. The van der Waals surface area contributed by atoms with Gasteiger partial charge in [-0.15, -0.1) is 11.3 Å². The van der Waals surface area contributed by atoms with E-state index in [0.29, 0.717) is 29.9 Å². The van der Waals surface area contributed by atoms with Crippen molar-refractivity contribution in [1.29, 1.82) is 0 Å². The van der Waals surface area contributed by atoms with Crippen LogP contribution in [-0.4, -0.2) is 36.3 Å². The molecule has 0 saturated carbocycles. The summed E-state index contributed by atoms with van der Waals surface area (Å²) in [6.45, 7) is 3.81. The third-order valence-corrected chi connectivity index (χ3v) is 7.91. The summed E-state index contributed by atoms with van der Waals surface area (Å²) in [5, 5.41) is 4.36. The number of ketones is 1. The Kier molecular flexibility index (Phi) is 5.33. The van der Waals surface area contributed by atoms with Crippen molar-refractivity contribution in [2.24, 2.45) is 0 Å². The van der Waals surface area contributed by atoms with Crippen molar-refractivity contribution >= 4 is 32.8 Å². The second-order valence-electron chi connectivity index (χ2n) is 7.11. The van der Waals surface area contributed by atoms with Gasteiger partial charge in [-0.2, -0.15) is 5.10 Å². The fourth-order valence-corrected chi connectivity index (χ4v) is 5.47. The van der Waals surface area contributed by atoms with E-state index in [1.165, 1.54) is 15.1 Å². The Morgan fingerprint density at radius 3 is 2.67 bits per heavy atom. The van der Waals surface area contributed by atoms with Crippen molar-refractivity contribution < 1.29 is 13.2 Å². The third kappa shape index (κ3) is 3.82. The topological polar surface area (TPSA) is 89.3 Å². The predicted octanol–water partition coefficient (Wildman–Crippen LogP) is 2.88. The number of carbonyl (C=O) groups excluding carboxylic acids is 1. The van der Waals surface area contributed by atoms with Crippen LogP contribution >= 0.6 is 11.3 Å². The van der Waals surface area contributed by atoms with Gasteiger partial charge in [-0.3, -0.25) is 13.9 Å². The molecule has 1 aliphatic heterocycles. The number of sulfonamides is 1. The summed E-state index contributed by atoms with van der Waals surface area (Å²) in [5.74, 6) is -0.217. The van der Waals surface area contributed by atoms with Gasteiger partial charge in [0.15, 0.2) is 5.78 Å². The third-order valence-electron chi connectivity index (χ3n) is 5.11. The first-order valence-electron chi connectivity index (χ1n) is 9.60. The fourth-order valence-electron chi connectivity index (χ4n) is 3.48. The number of carbonyl (C=O) groups is 1. The standard InChI is InChI=1S/C21H21N3O4S2/c1-3-30(27,28)24-11-10-15-12-16(5-7-18(15)24)19(25)13-23-21(26)9-6-17(22-23)20-8-4-14(2)29-20/h4-9,12H,3,10-11,13H2,1-2H3. The molecule has 1 aromatic carbocycles. The molecule has 0 amide bonds. The highest BCUT2D eigenvalue weighted by molar-refractivity contribution is 7.92. The maximum absolute atomic E-state index is 12.8. The van der Waals surface area contributed by atoms with Crippen LogP contribution in [0.4, 0.5) is 5.69 Å². The monoisotopic (exact) mass is 443 g/mol. The maximum Gasteiger partial charge on any atom is 0.267 e. The zero-order valence-electron chi connectivity index (χ0n) is 16.7. The lowest BCUT2D eigenvalue weighted by molar-refractivity contribution is 0.0965. The number of aromatic nitrogens is 2. The van der Waals surface area contributed by atoms with Gasteiger partial charge in [0.1, 0.15) is 12.2 Å². The van der Waals surface area contributed by atoms with Gasteiger partial charge in [0.05, 0.1) is 16.3 Å². The second-order valence-corrected chi connectivity index (χ2v) is 10.6. The fraction of sp³-hybridized carbons (Fsp3) is 0.286. The quantitative estimate of drug-likeness (QED) is 0.547. The van der Waals surface area contributed by atoms with Crippen LogP contribution in [0.1, 0.15) is 27.7 Å². The van der Waals surface area contributed by atoms with Crippen LogP contribution in [0.15, 0.2) is 47.3 Å². The van der Waals surface area contributed by atoms with E-state index >= 15 is 0 Å². The van der Waals surface area contributed by atoms with E-state index in [0.717, 1.165) is 15.3 Å². The minimum atomic E-state index is -3.33. The van der Waals surface area contributed by atoms with Gasteiger partial charge in [-0.05, 0) is 62.2 Å². The van der Waals surface area contributed by atoms with Gasteiger partial charge >= 0.3 is 0 Å². The SMILES string of the molecule is CCS(=O)(=O)N1CCc2cc(C(=O)Cn3nc(-c4ccc(C)s4)ccc3=O)ccc21. The Labute approximate surface area is 178 Å². The summed E-state index contributed by atoms with van der Waals surface area (Å²) in [4.78, 5) is 27.1. The van der Waals surface area contributed by atoms with E-state index < -0.39 is 10.0 Å². The van der Waals surface area contributed by atoms with E-state index in [2.05, 4.69) is 5.10 Å². The molecule has 0 atom stereocenters. The number of thiophene rings is 1. The minimum absolute atomic E-state index is 0.0296. The zero-order valence-corrected chi connectivity index (χ0v) is 18.3. The molecule has 9 heteroatoms. The van der Waals surface area contributed by atoms with Crippen molar-refractivity contribution in [3.8, 4) is 10.6 Å². The Balaban J connectivity index is 1.59. The molecule has 7 nitrogen and oxygen atoms in total. The average molecular weight is 444 g/mol. The lowest BCUT2D eigenvalue weighted by Crippen LogP contribution is -2.30. The lowest BCUT2D eigenvalue weighted by Gasteiger charge is -2.18. The number of Topliss-reactive ketones (excluding diaryl/α,β-unsaturated/α-hetero) is 1. The van der Waals surface area contributed by atoms with Crippen LogP contribution in [0.5, 0.6) is 0 Å². The number of aryl methyl sites for hydroxylation is 1. The Bertz CT molecular complexity index is 1290. The van der Waals surface area contributed by atoms with Crippen molar-refractivity contribution in [2.45, 2.75) is 26.8 Å². The van der Waals surface area contributed by atoms with Crippen LogP contribution in [0.25, 0.3) is 10.6 Å². The number of hydrogen-bond acceptors (Lipinski definition) is 6. The van der Waals surface area contributed by atoms with Gasteiger partial charge in [0, 0.05) is 23.1 Å². The molecule has 0 radical (unpaired) electrons. The van der Waals surface area contributed by atoms with Crippen molar-refractivity contribution in [3.05, 3.63) is 68.8 Å².